The Morgan fingerprint density at radius 3 is 2.72 bits per heavy atom. The van der Waals surface area contributed by atoms with Crippen LogP contribution in [0.5, 0.6) is 0 Å². The molecule has 0 saturated carbocycles. The number of hydrogen-bond donors (Lipinski definition) is 1. The number of aromatic nitrogens is 1. The first-order chi connectivity index (χ1) is 8.59. The van der Waals surface area contributed by atoms with E-state index in [0.29, 0.717) is 17.5 Å². The average Bonchev–Trinajstić information content (AvgIpc) is 2.73. The highest BCUT2D eigenvalue weighted by atomic mass is 16.5. The van der Waals surface area contributed by atoms with Crippen molar-refractivity contribution in [2.75, 3.05) is 13.2 Å². The fourth-order valence-electron chi connectivity index (χ4n) is 2.58. The average molecular weight is 251 g/mol. The van der Waals surface area contributed by atoms with Gasteiger partial charge in [-0.2, -0.15) is 0 Å². The Balaban J connectivity index is 2.30. The summed E-state index contributed by atoms with van der Waals surface area (Å²) < 4.78 is 7.53. The molecule has 100 valence electrons. The Morgan fingerprint density at radius 1 is 1.50 bits per heavy atom. The lowest BCUT2D eigenvalue weighted by Crippen LogP contribution is -2.21. The highest BCUT2D eigenvalue weighted by Gasteiger charge is 2.22. The molecule has 4 nitrogen and oxygen atoms in total. The second-order valence-electron chi connectivity index (χ2n) is 5.33. The highest BCUT2D eigenvalue weighted by molar-refractivity contribution is 5.89. The first-order valence-electron chi connectivity index (χ1n) is 6.60. The Kier molecular flexibility index (Phi) is 4.07. The van der Waals surface area contributed by atoms with Gasteiger partial charge in [-0.05, 0) is 31.2 Å². The predicted molar refractivity (Wildman–Crippen MR) is 69.0 cm³/mol. The van der Waals surface area contributed by atoms with Crippen molar-refractivity contribution in [2.45, 2.75) is 39.2 Å². The van der Waals surface area contributed by atoms with Gasteiger partial charge in [0.2, 0.25) is 0 Å². The Morgan fingerprint density at radius 2 is 2.17 bits per heavy atom. The van der Waals surface area contributed by atoms with Crippen LogP contribution in [0.25, 0.3) is 0 Å². The van der Waals surface area contributed by atoms with Crippen molar-refractivity contribution in [3.05, 3.63) is 23.5 Å². The normalized spacial score (nSPS) is 17.3. The van der Waals surface area contributed by atoms with Gasteiger partial charge in [-0.3, -0.25) is 0 Å². The van der Waals surface area contributed by atoms with Crippen LogP contribution in [0.3, 0.4) is 0 Å². The molecule has 0 bridgehead atoms. The summed E-state index contributed by atoms with van der Waals surface area (Å²) in [4.78, 5) is 11.3. The molecule has 0 aromatic carbocycles. The summed E-state index contributed by atoms with van der Waals surface area (Å²) in [7, 11) is 0. The van der Waals surface area contributed by atoms with Crippen molar-refractivity contribution in [1.29, 1.82) is 0 Å². The zero-order chi connectivity index (χ0) is 13.1. The number of hydrogen-bond acceptors (Lipinski definition) is 2. The molecular weight excluding hydrogens is 230 g/mol. The molecule has 2 heterocycles. The van der Waals surface area contributed by atoms with E-state index in [2.05, 4.69) is 18.4 Å². The van der Waals surface area contributed by atoms with E-state index in [9.17, 15) is 9.90 Å². The maximum absolute atomic E-state index is 11.3. The summed E-state index contributed by atoms with van der Waals surface area (Å²) in [6.45, 7) is 5.78. The molecule has 1 aliphatic heterocycles. The van der Waals surface area contributed by atoms with Crippen LogP contribution >= 0.6 is 0 Å². The zero-order valence-corrected chi connectivity index (χ0v) is 11.1. The van der Waals surface area contributed by atoms with Crippen molar-refractivity contribution < 1.29 is 14.6 Å². The minimum Gasteiger partial charge on any atom is -0.478 e. The third kappa shape index (κ3) is 2.75. The molecule has 0 unspecified atom stereocenters. The van der Waals surface area contributed by atoms with Crippen LogP contribution in [0.4, 0.5) is 0 Å². The molecule has 1 saturated heterocycles. The summed E-state index contributed by atoms with van der Waals surface area (Å²) in [5.74, 6) is -0.368. The molecule has 0 radical (unpaired) electrons. The van der Waals surface area contributed by atoms with Crippen molar-refractivity contribution in [3.63, 3.8) is 0 Å². The van der Waals surface area contributed by atoms with E-state index < -0.39 is 5.97 Å². The fraction of sp³-hybridized carbons (Fsp3) is 0.643. The summed E-state index contributed by atoms with van der Waals surface area (Å²) in [5.41, 5.74) is 1.42. The van der Waals surface area contributed by atoms with E-state index in [1.54, 1.807) is 6.07 Å². The van der Waals surface area contributed by atoms with Gasteiger partial charge in [0.15, 0.2) is 0 Å². The van der Waals surface area contributed by atoms with Crippen LogP contribution < -0.4 is 0 Å². The van der Waals surface area contributed by atoms with Crippen LogP contribution in [-0.4, -0.2) is 28.9 Å². The van der Waals surface area contributed by atoms with Crippen LogP contribution in [0.15, 0.2) is 12.3 Å². The Labute approximate surface area is 108 Å². The fourth-order valence-corrected chi connectivity index (χ4v) is 2.58. The van der Waals surface area contributed by atoms with Gasteiger partial charge in [-0.1, -0.05) is 13.8 Å². The van der Waals surface area contributed by atoms with Gasteiger partial charge in [0.1, 0.15) is 0 Å². The van der Waals surface area contributed by atoms with Crippen LogP contribution in [0.2, 0.25) is 0 Å². The highest BCUT2D eigenvalue weighted by Crippen LogP contribution is 2.26. The Bertz CT molecular complexity index is 417. The summed E-state index contributed by atoms with van der Waals surface area (Å²) in [6.07, 6.45) is 4.68. The minimum absolute atomic E-state index is 0.389. The minimum atomic E-state index is -0.823. The molecule has 0 aliphatic carbocycles. The molecule has 1 aromatic heterocycles. The maximum atomic E-state index is 11.3. The molecule has 1 fully saturated rings. The van der Waals surface area contributed by atoms with Gasteiger partial charge in [0.25, 0.3) is 0 Å². The van der Waals surface area contributed by atoms with E-state index in [0.717, 1.165) is 38.2 Å². The summed E-state index contributed by atoms with van der Waals surface area (Å²) in [6, 6.07) is 2.12. The number of aromatic carboxylic acids is 1. The van der Waals surface area contributed by atoms with Crippen LogP contribution in [0.1, 0.15) is 48.8 Å². The molecule has 0 atom stereocenters. The van der Waals surface area contributed by atoms with E-state index >= 15 is 0 Å². The van der Waals surface area contributed by atoms with Gasteiger partial charge >= 0.3 is 5.97 Å². The topological polar surface area (TPSA) is 51.5 Å². The second kappa shape index (κ2) is 5.57. The van der Waals surface area contributed by atoms with Crippen LogP contribution in [0, 0.1) is 5.92 Å². The third-order valence-electron chi connectivity index (χ3n) is 3.44. The Hall–Kier alpha value is -1.29. The summed E-state index contributed by atoms with van der Waals surface area (Å²) >= 11 is 0. The monoisotopic (exact) mass is 251 g/mol. The smallest absolute Gasteiger partial charge is 0.337 e. The molecular formula is C14H21NO3. The van der Waals surface area contributed by atoms with Gasteiger partial charge < -0.3 is 14.4 Å². The second-order valence-corrected chi connectivity index (χ2v) is 5.33. The molecule has 0 spiro atoms. The SMILES string of the molecule is CC(C)Cc1c(C(=O)O)ccn1C1CCOCC1. The molecule has 1 aliphatic rings. The van der Waals surface area contributed by atoms with Crippen LogP contribution in [-0.2, 0) is 11.2 Å². The standard InChI is InChI=1S/C14H21NO3/c1-10(2)9-13-12(14(16)17)3-6-15(13)11-4-7-18-8-5-11/h3,6,10-11H,4-5,7-9H2,1-2H3,(H,16,17). The number of carboxylic acid groups (broad SMARTS) is 1. The lowest BCUT2D eigenvalue weighted by molar-refractivity contribution is 0.0676. The molecule has 18 heavy (non-hydrogen) atoms. The zero-order valence-electron chi connectivity index (χ0n) is 11.1. The van der Waals surface area contributed by atoms with Crippen molar-refractivity contribution in [1.82, 2.24) is 4.57 Å². The lowest BCUT2D eigenvalue weighted by atomic mass is 10.0. The van der Waals surface area contributed by atoms with Gasteiger partial charge in [0, 0.05) is 31.1 Å². The first-order valence-corrected chi connectivity index (χ1v) is 6.60. The first kappa shape index (κ1) is 13.1. The summed E-state index contributed by atoms with van der Waals surface area (Å²) in [5, 5.41) is 9.25. The molecule has 0 amide bonds. The number of nitrogens with zero attached hydrogens (tertiary/aromatic N) is 1. The molecule has 2 rings (SSSR count). The number of carboxylic acids is 1. The molecule has 4 heteroatoms. The number of ether oxygens (including phenoxy) is 1. The van der Waals surface area contributed by atoms with E-state index in [1.807, 2.05) is 6.20 Å². The molecule has 1 N–H and O–H groups in total. The largest absolute Gasteiger partial charge is 0.478 e. The van der Waals surface area contributed by atoms with Crippen molar-refractivity contribution in [3.8, 4) is 0 Å². The molecule has 1 aromatic rings. The van der Waals surface area contributed by atoms with Gasteiger partial charge in [-0.25, -0.2) is 4.79 Å². The number of rotatable bonds is 4. The van der Waals surface area contributed by atoms with E-state index in [1.165, 1.54) is 0 Å². The maximum Gasteiger partial charge on any atom is 0.337 e. The number of carbonyl (C=O) groups is 1. The lowest BCUT2D eigenvalue weighted by Gasteiger charge is -2.26. The quantitative estimate of drug-likeness (QED) is 0.895. The van der Waals surface area contributed by atoms with Gasteiger partial charge in [-0.15, -0.1) is 0 Å². The van der Waals surface area contributed by atoms with E-state index in [4.69, 9.17) is 4.74 Å². The third-order valence-corrected chi connectivity index (χ3v) is 3.44. The predicted octanol–water partition coefficient (Wildman–Crippen LogP) is 2.74. The van der Waals surface area contributed by atoms with Crippen molar-refractivity contribution in [2.24, 2.45) is 5.92 Å². The van der Waals surface area contributed by atoms with Gasteiger partial charge in [0.05, 0.1) is 5.56 Å². The van der Waals surface area contributed by atoms with Crippen molar-refractivity contribution >= 4 is 5.97 Å². The van der Waals surface area contributed by atoms with E-state index in [-0.39, 0.29) is 0 Å².